The van der Waals surface area contributed by atoms with E-state index in [1.165, 1.54) is 25.0 Å². The van der Waals surface area contributed by atoms with E-state index in [4.69, 9.17) is 5.11 Å². The van der Waals surface area contributed by atoms with Crippen LogP contribution in [0.4, 0.5) is 10.5 Å². The van der Waals surface area contributed by atoms with Crippen LogP contribution in [0.1, 0.15) is 36.5 Å². The molecule has 21 heavy (non-hydrogen) atoms. The molecule has 1 aromatic rings. The van der Waals surface area contributed by atoms with Gasteiger partial charge in [0.2, 0.25) is 0 Å². The summed E-state index contributed by atoms with van der Waals surface area (Å²) in [5.74, 6) is 0.155. The van der Waals surface area contributed by atoms with Crippen molar-refractivity contribution in [3.05, 3.63) is 28.2 Å². The number of carboxylic acids is 1. The number of hydrogen-bond acceptors (Lipinski definition) is 2. The third-order valence-electron chi connectivity index (χ3n) is 3.97. The number of anilines is 1. The highest BCUT2D eigenvalue weighted by Gasteiger charge is 2.23. The Balaban J connectivity index is 1.91. The molecule has 1 fully saturated rings. The number of benzene rings is 1. The van der Waals surface area contributed by atoms with Gasteiger partial charge in [-0.15, -0.1) is 0 Å². The molecule has 6 heteroatoms. The molecule has 1 aliphatic rings. The minimum absolute atomic E-state index is 0.129. The molecule has 2 atom stereocenters. The Labute approximate surface area is 132 Å². The summed E-state index contributed by atoms with van der Waals surface area (Å²) in [5, 5.41) is 14.5. The van der Waals surface area contributed by atoms with Crippen LogP contribution in [0.3, 0.4) is 0 Å². The van der Waals surface area contributed by atoms with E-state index in [-0.39, 0.29) is 11.6 Å². The second-order valence-electron chi connectivity index (χ2n) is 5.54. The van der Waals surface area contributed by atoms with Gasteiger partial charge in [0, 0.05) is 16.7 Å². The fourth-order valence-corrected chi connectivity index (χ4v) is 3.20. The molecule has 5 nitrogen and oxygen atoms in total. The number of amides is 2. The fourth-order valence-electron chi connectivity index (χ4n) is 2.71. The predicted octanol–water partition coefficient (Wildman–Crippen LogP) is 3.71. The number of carbonyl (C=O) groups excluding carboxylic acids is 1. The molecular weight excluding hydrogens is 336 g/mol. The number of hydrogen-bond donors (Lipinski definition) is 3. The monoisotopic (exact) mass is 354 g/mol. The van der Waals surface area contributed by atoms with Crippen LogP contribution < -0.4 is 10.6 Å². The highest BCUT2D eigenvalue weighted by atomic mass is 79.9. The summed E-state index contributed by atoms with van der Waals surface area (Å²) in [7, 11) is 0. The average molecular weight is 355 g/mol. The van der Waals surface area contributed by atoms with Gasteiger partial charge in [-0.05, 0) is 36.5 Å². The van der Waals surface area contributed by atoms with Crippen molar-refractivity contribution >= 4 is 33.6 Å². The molecule has 0 aromatic heterocycles. The van der Waals surface area contributed by atoms with Gasteiger partial charge in [-0.3, -0.25) is 0 Å². The van der Waals surface area contributed by atoms with E-state index in [0.717, 1.165) is 6.42 Å². The standard InChI is InChI=1S/C15H19BrN2O3/c1-9-3-2-4-10(9)8-17-15(21)18-13-6-11(14(19)20)5-12(16)7-13/h5-7,9-10H,2-4,8H2,1H3,(H,19,20)(H2,17,18,21). The van der Waals surface area contributed by atoms with Crippen LogP contribution in [0.15, 0.2) is 22.7 Å². The normalized spacial score (nSPS) is 21.0. The number of aromatic carboxylic acids is 1. The number of carboxylic acid groups (broad SMARTS) is 1. The predicted molar refractivity (Wildman–Crippen MR) is 84.6 cm³/mol. The van der Waals surface area contributed by atoms with E-state index in [1.807, 2.05) is 0 Å². The van der Waals surface area contributed by atoms with Gasteiger partial charge in [0.1, 0.15) is 0 Å². The Morgan fingerprint density at radius 3 is 2.71 bits per heavy atom. The summed E-state index contributed by atoms with van der Waals surface area (Å²) in [4.78, 5) is 22.9. The number of urea groups is 1. The molecule has 114 valence electrons. The maximum atomic E-state index is 11.9. The molecule has 0 aliphatic heterocycles. The van der Waals surface area contributed by atoms with Crippen LogP contribution in [0.5, 0.6) is 0 Å². The Hall–Kier alpha value is -1.56. The van der Waals surface area contributed by atoms with Gasteiger partial charge in [-0.2, -0.15) is 0 Å². The van der Waals surface area contributed by atoms with Crippen molar-refractivity contribution < 1.29 is 14.7 Å². The Bertz CT molecular complexity index is 548. The molecular formula is C15H19BrN2O3. The third kappa shape index (κ3) is 4.46. The van der Waals surface area contributed by atoms with Crippen LogP contribution in [-0.2, 0) is 0 Å². The summed E-state index contributed by atoms with van der Waals surface area (Å²) in [6, 6.07) is 4.30. The highest BCUT2D eigenvalue weighted by Crippen LogP contribution is 2.30. The van der Waals surface area contributed by atoms with Gasteiger partial charge < -0.3 is 15.7 Å². The van der Waals surface area contributed by atoms with E-state index in [0.29, 0.717) is 28.5 Å². The van der Waals surface area contributed by atoms with Crippen LogP contribution >= 0.6 is 15.9 Å². The Morgan fingerprint density at radius 1 is 1.33 bits per heavy atom. The second kappa shape index (κ2) is 6.93. The zero-order chi connectivity index (χ0) is 15.4. The largest absolute Gasteiger partial charge is 0.478 e. The molecule has 0 saturated heterocycles. The van der Waals surface area contributed by atoms with E-state index >= 15 is 0 Å². The maximum absolute atomic E-state index is 11.9. The van der Waals surface area contributed by atoms with Crippen LogP contribution in [-0.4, -0.2) is 23.7 Å². The maximum Gasteiger partial charge on any atom is 0.335 e. The zero-order valence-electron chi connectivity index (χ0n) is 11.9. The second-order valence-corrected chi connectivity index (χ2v) is 6.45. The number of halogens is 1. The first-order valence-electron chi connectivity index (χ1n) is 7.04. The molecule has 0 radical (unpaired) electrons. The minimum Gasteiger partial charge on any atom is -0.478 e. The molecule has 3 N–H and O–H groups in total. The molecule has 2 amide bonds. The molecule has 2 unspecified atom stereocenters. The van der Waals surface area contributed by atoms with Gasteiger partial charge in [-0.25, -0.2) is 9.59 Å². The summed E-state index contributed by atoms with van der Waals surface area (Å²) < 4.78 is 0.613. The van der Waals surface area contributed by atoms with Crippen molar-refractivity contribution in [1.29, 1.82) is 0 Å². The van der Waals surface area contributed by atoms with Crippen molar-refractivity contribution in [2.45, 2.75) is 26.2 Å². The molecule has 1 aromatic carbocycles. The van der Waals surface area contributed by atoms with Gasteiger partial charge in [0.25, 0.3) is 0 Å². The number of carbonyl (C=O) groups is 2. The van der Waals surface area contributed by atoms with Gasteiger partial charge in [0.15, 0.2) is 0 Å². The molecule has 0 spiro atoms. The third-order valence-corrected chi connectivity index (χ3v) is 4.42. The number of rotatable bonds is 4. The zero-order valence-corrected chi connectivity index (χ0v) is 13.4. The van der Waals surface area contributed by atoms with Gasteiger partial charge in [-0.1, -0.05) is 35.7 Å². The van der Waals surface area contributed by atoms with Gasteiger partial charge >= 0.3 is 12.0 Å². The summed E-state index contributed by atoms with van der Waals surface area (Å²) in [5.41, 5.74) is 0.586. The van der Waals surface area contributed by atoms with Crippen molar-refractivity contribution in [3.8, 4) is 0 Å². The highest BCUT2D eigenvalue weighted by molar-refractivity contribution is 9.10. The Morgan fingerprint density at radius 2 is 2.10 bits per heavy atom. The SMILES string of the molecule is CC1CCCC1CNC(=O)Nc1cc(Br)cc(C(=O)O)c1. The lowest BCUT2D eigenvalue weighted by Crippen LogP contribution is -2.33. The molecule has 2 rings (SSSR count). The van der Waals surface area contributed by atoms with Crippen molar-refractivity contribution in [1.82, 2.24) is 5.32 Å². The van der Waals surface area contributed by atoms with E-state index < -0.39 is 5.97 Å². The van der Waals surface area contributed by atoms with E-state index in [1.54, 1.807) is 6.07 Å². The first-order chi connectivity index (χ1) is 9.95. The van der Waals surface area contributed by atoms with E-state index in [2.05, 4.69) is 33.5 Å². The Kier molecular flexibility index (Phi) is 5.22. The van der Waals surface area contributed by atoms with Crippen LogP contribution in [0, 0.1) is 11.8 Å². The summed E-state index contributed by atoms with van der Waals surface area (Å²) in [6.45, 7) is 2.87. The summed E-state index contributed by atoms with van der Waals surface area (Å²) >= 11 is 3.24. The first-order valence-corrected chi connectivity index (χ1v) is 7.83. The topological polar surface area (TPSA) is 78.4 Å². The molecule has 1 saturated carbocycles. The van der Waals surface area contributed by atoms with Crippen molar-refractivity contribution in [2.75, 3.05) is 11.9 Å². The van der Waals surface area contributed by atoms with Crippen molar-refractivity contribution in [2.24, 2.45) is 11.8 Å². The lowest BCUT2D eigenvalue weighted by Gasteiger charge is -2.16. The quantitative estimate of drug-likeness (QED) is 0.771. The fraction of sp³-hybridized carbons (Fsp3) is 0.467. The average Bonchev–Trinajstić information content (AvgIpc) is 2.81. The number of nitrogens with one attached hydrogen (secondary N) is 2. The molecule has 0 bridgehead atoms. The molecule has 1 aliphatic carbocycles. The van der Waals surface area contributed by atoms with E-state index in [9.17, 15) is 9.59 Å². The summed E-state index contributed by atoms with van der Waals surface area (Å²) in [6.07, 6.45) is 3.60. The smallest absolute Gasteiger partial charge is 0.335 e. The first kappa shape index (κ1) is 15.8. The van der Waals surface area contributed by atoms with Crippen LogP contribution in [0.2, 0.25) is 0 Å². The van der Waals surface area contributed by atoms with Crippen molar-refractivity contribution in [3.63, 3.8) is 0 Å². The van der Waals surface area contributed by atoms with Crippen LogP contribution in [0.25, 0.3) is 0 Å². The lowest BCUT2D eigenvalue weighted by atomic mass is 9.98. The van der Waals surface area contributed by atoms with Gasteiger partial charge in [0.05, 0.1) is 5.56 Å². The minimum atomic E-state index is -1.03. The molecule has 0 heterocycles. The lowest BCUT2D eigenvalue weighted by molar-refractivity contribution is 0.0697.